The summed E-state index contributed by atoms with van der Waals surface area (Å²) in [7, 11) is 0. The molecule has 0 aliphatic carbocycles. The summed E-state index contributed by atoms with van der Waals surface area (Å²) in [6.07, 6.45) is -0.994. The van der Waals surface area contributed by atoms with E-state index < -0.39 is 47.7 Å². The van der Waals surface area contributed by atoms with Crippen LogP contribution in [0, 0.1) is 0 Å². The van der Waals surface area contributed by atoms with Gasteiger partial charge < -0.3 is 19.8 Å². The van der Waals surface area contributed by atoms with Crippen LogP contribution in [0.3, 0.4) is 0 Å². The highest BCUT2D eigenvalue weighted by atomic mass is 16.4. The van der Waals surface area contributed by atoms with Gasteiger partial charge in [-0.2, -0.15) is 0 Å². The van der Waals surface area contributed by atoms with E-state index in [9.17, 15) is 39.0 Å². The van der Waals surface area contributed by atoms with E-state index >= 15 is 0 Å². The van der Waals surface area contributed by atoms with Gasteiger partial charge in [-0.3, -0.25) is 29.0 Å². The third kappa shape index (κ3) is 3.44. The highest BCUT2D eigenvalue weighted by molar-refractivity contribution is 6.11. The van der Waals surface area contributed by atoms with Crippen molar-refractivity contribution < 1.29 is 39.0 Å². The van der Waals surface area contributed by atoms with Crippen molar-refractivity contribution in [3.63, 3.8) is 0 Å². The van der Waals surface area contributed by atoms with Crippen LogP contribution in [0.15, 0.2) is 0 Å². The van der Waals surface area contributed by atoms with Gasteiger partial charge in [0.25, 0.3) is 0 Å². The maximum Gasteiger partial charge on any atom is 0.231 e. The molecule has 2 aliphatic heterocycles. The Kier molecular flexibility index (Phi) is 5.73. The molecule has 0 bridgehead atoms. The van der Waals surface area contributed by atoms with E-state index in [-0.39, 0.29) is 51.4 Å². The quantitative estimate of drug-likeness (QED) is 0.318. The molecule has 10 nitrogen and oxygen atoms in total. The lowest BCUT2D eigenvalue weighted by Gasteiger charge is -2.46. The van der Waals surface area contributed by atoms with Crippen molar-refractivity contribution in [3.05, 3.63) is 0 Å². The van der Waals surface area contributed by atoms with Gasteiger partial charge in [-0.25, -0.2) is 0 Å². The van der Waals surface area contributed by atoms with Crippen LogP contribution < -0.4 is 10.2 Å². The number of carbonyl (C=O) groups is 6. The minimum absolute atomic E-state index is 0.0649. The Hall–Kier alpha value is -2.78. The van der Waals surface area contributed by atoms with E-state index in [1.807, 2.05) is 0 Å². The average Bonchev–Trinajstić information content (AvgIpc) is 3.06. The van der Waals surface area contributed by atoms with Gasteiger partial charge in [0.05, 0.1) is 5.97 Å². The molecule has 0 radical (unpaired) electrons. The minimum Gasteiger partial charge on any atom is -0.550 e. The summed E-state index contributed by atoms with van der Waals surface area (Å²) in [4.78, 5) is 72.1. The largest absolute Gasteiger partial charge is 0.550 e. The average molecular weight is 366 g/mol. The Morgan fingerprint density at radius 1 is 0.769 bits per heavy atom. The lowest BCUT2D eigenvalue weighted by atomic mass is 9.96. The molecule has 142 valence electrons. The molecule has 0 spiro atoms. The number of unbranched alkanes of at least 4 members (excludes halogenated alkanes) is 2. The fraction of sp³-hybridized carbons (Fsp3) is 0.625. The van der Waals surface area contributed by atoms with Crippen molar-refractivity contribution in [1.29, 1.82) is 0 Å². The van der Waals surface area contributed by atoms with Gasteiger partial charge in [-0.1, -0.05) is 6.42 Å². The van der Waals surface area contributed by atoms with Crippen LogP contribution in [0.5, 0.6) is 0 Å². The monoisotopic (exact) mass is 366 g/mol. The fourth-order valence-corrected chi connectivity index (χ4v) is 3.40. The van der Waals surface area contributed by atoms with Gasteiger partial charge in [0.1, 0.15) is 0 Å². The summed E-state index contributed by atoms with van der Waals surface area (Å²) in [6.45, 7) is 0. The lowest BCUT2D eigenvalue weighted by Crippen LogP contribution is -2.71. The molecule has 2 saturated heterocycles. The summed E-state index contributed by atoms with van der Waals surface area (Å²) in [6, 6.07) is 0. The number of carboxylic acid groups (broad SMARTS) is 2. The van der Waals surface area contributed by atoms with Gasteiger partial charge >= 0.3 is 0 Å². The van der Waals surface area contributed by atoms with E-state index in [2.05, 4.69) is 0 Å². The van der Waals surface area contributed by atoms with Gasteiger partial charge in [-0.05, 0) is 25.7 Å². The molecule has 26 heavy (non-hydrogen) atoms. The molecule has 0 atom stereocenters. The molecule has 2 heterocycles. The van der Waals surface area contributed by atoms with Crippen molar-refractivity contribution in [1.82, 2.24) is 9.80 Å². The fourth-order valence-electron chi connectivity index (χ4n) is 3.40. The number of hydrogen-bond donors (Lipinski definition) is 0. The molecular weight excluding hydrogens is 348 g/mol. The van der Waals surface area contributed by atoms with Crippen LogP contribution in [0.25, 0.3) is 0 Å². The summed E-state index contributed by atoms with van der Waals surface area (Å²) in [5.74, 6) is -6.30. The van der Waals surface area contributed by atoms with Crippen molar-refractivity contribution in [3.8, 4) is 0 Å². The molecule has 10 heteroatoms. The number of imide groups is 2. The van der Waals surface area contributed by atoms with Gasteiger partial charge in [0.2, 0.25) is 23.6 Å². The number of amides is 4. The molecule has 0 unspecified atom stereocenters. The maximum atomic E-state index is 12.2. The van der Waals surface area contributed by atoms with Crippen LogP contribution in [0.2, 0.25) is 0 Å². The molecule has 0 saturated carbocycles. The highest BCUT2D eigenvalue weighted by Gasteiger charge is 2.56. The van der Waals surface area contributed by atoms with Crippen LogP contribution >= 0.6 is 0 Å². The smallest absolute Gasteiger partial charge is 0.231 e. The van der Waals surface area contributed by atoms with Gasteiger partial charge in [-0.15, -0.1) is 0 Å². The standard InChI is InChI=1S/C16H20N2O8/c19-10-5-6-11(20)17(10)16(15(25)26,9-3-1-2-4-14(23)24)18-12(21)7-8-13(18)22/h1-9H2,(H,23,24)(H,25,26)/p-2. The molecule has 0 N–H and O–H groups in total. The van der Waals surface area contributed by atoms with E-state index in [1.165, 1.54) is 0 Å². The first-order valence-corrected chi connectivity index (χ1v) is 8.35. The predicted octanol–water partition coefficient (Wildman–Crippen LogP) is -2.57. The van der Waals surface area contributed by atoms with Crippen molar-refractivity contribution in [2.45, 2.75) is 63.5 Å². The molecule has 0 aromatic heterocycles. The van der Waals surface area contributed by atoms with Crippen LogP contribution in [-0.2, 0) is 28.8 Å². The Labute approximate surface area is 148 Å². The number of nitrogens with zero attached hydrogens (tertiary/aromatic N) is 2. The number of hydrogen-bond acceptors (Lipinski definition) is 8. The van der Waals surface area contributed by atoms with Crippen LogP contribution in [0.1, 0.15) is 57.8 Å². The molecule has 2 rings (SSSR count). The van der Waals surface area contributed by atoms with E-state index in [1.54, 1.807) is 0 Å². The number of carbonyl (C=O) groups excluding carboxylic acids is 6. The van der Waals surface area contributed by atoms with Crippen molar-refractivity contribution in [2.24, 2.45) is 0 Å². The Morgan fingerprint density at radius 3 is 1.54 bits per heavy atom. The van der Waals surface area contributed by atoms with E-state index in [0.717, 1.165) is 0 Å². The highest BCUT2D eigenvalue weighted by Crippen LogP contribution is 2.35. The Morgan fingerprint density at radius 2 is 1.19 bits per heavy atom. The Bertz CT molecular complexity index is 603. The summed E-state index contributed by atoms with van der Waals surface area (Å²) >= 11 is 0. The third-order valence-corrected chi connectivity index (χ3v) is 4.58. The summed E-state index contributed by atoms with van der Waals surface area (Å²) in [5, 5.41) is 22.5. The topological polar surface area (TPSA) is 155 Å². The first kappa shape index (κ1) is 19.5. The zero-order valence-corrected chi connectivity index (χ0v) is 14.0. The summed E-state index contributed by atoms with van der Waals surface area (Å²) in [5.41, 5.74) is -2.50. The van der Waals surface area contributed by atoms with Crippen LogP contribution in [-0.4, -0.2) is 51.0 Å². The molecule has 4 amide bonds. The molecule has 0 aromatic carbocycles. The van der Waals surface area contributed by atoms with Crippen LogP contribution in [0.4, 0.5) is 0 Å². The molecule has 2 aliphatic rings. The minimum atomic E-state index is -2.50. The SMILES string of the molecule is O=C([O-])CCCCCC(C(=O)[O-])(N1C(=O)CCC1=O)N1C(=O)CCC1=O. The second-order valence-electron chi connectivity index (χ2n) is 6.28. The normalized spacial score (nSPS) is 18.2. The molecule has 2 fully saturated rings. The third-order valence-electron chi connectivity index (χ3n) is 4.58. The number of rotatable bonds is 9. The second kappa shape index (κ2) is 7.63. The zero-order chi connectivity index (χ0) is 19.5. The van der Waals surface area contributed by atoms with E-state index in [0.29, 0.717) is 9.80 Å². The molecule has 0 aromatic rings. The summed E-state index contributed by atoms with van der Waals surface area (Å²) < 4.78 is 0. The van der Waals surface area contributed by atoms with Gasteiger partial charge in [0, 0.05) is 31.7 Å². The Balaban J connectivity index is 2.35. The zero-order valence-electron chi connectivity index (χ0n) is 14.0. The first-order chi connectivity index (χ1) is 12.2. The lowest BCUT2D eigenvalue weighted by molar-refractivity contribution is -0.325. The second-order valence-corrected chi connectivity index (χ2v) is 6.28. The first-order valence-electron chi connectivity index (χ1n) is 8.35. The number of carboxylic acids is 2. The van der Waals surface area contributed by atoms with Crippen molar-refractivity contribution >= 4 is 35.6 Å². The van der Waals surface area contributed by atoms with Crippen molar-refractivity contribution in [2.75, 3.05) is 0 Å². The maximum absolute atomic E-state index is 12.2. The predicted molar refractivity (Wildman–Crippen MR) is 78.0 cm³/mol. The van der Waals surface area contributed by atoms with E-state index in [4.69, 9.17) is 0 Å². The van der Waals surface area contributed by atoms with Gasteiger partial charge in [0.15, 0.2) is 5.66 Å². The molecular formula is C16H18N2O8-2. The number of likely N-dealkylation sites (tertiary alicyclic amines) is 2. The number of aliphatic carboxylic acids is 2.